The number of aromatic nitrogens is 1. The number of thiazole rings is 1. The molecule has 37 heavy (non-hydrogen) atoms. The molecule has 4 rings (SSSR count). The van der Waals surface area contributed by atoms with Crippen LogP contribution in [0.25, 0.3) is 10.2 Å². The molecule has 198 valence electrons. The largest absolute Gasteiger partial charge is 0.465 e. The van der Waals surface area contributed by atoms with Gasteiger partial charge in [0.05, 0.1) is 21.7 Å². The highest BCUT2D eigenvalue weighted by Gasteiger charge is 2.39. The summed E-state index contributed by atoms with van der Waals surface area (Å²) >= 11 is 1.33. The van der Waals surface area contributed by atoms with E-state index in [0.29, 0.717) is 17.6 Å². The first-order valence-corrected chi connectivity index (χ1v) is 14.9. The number of hydrogen-bond donors (Lipinski definition) is 0. The molecule has 0 saturated carbocycles. The number of sulfonamides is 1. The molecule has 1 aromatic heterocycles. The Morgan fingerprint density at radius 3 is 2.59 bits per heavy atom. The summed E-state index contributed by atoms with van der Waals surface area (Å²) < 4.78 is 35.7. The van der Waals surface area contributed by atoms with E-state index in [9.17, 15) is 18.0 Å². The fourth-order valence-electron chi connectivity index (χ4n) is 4.52. The number of unbranched alkanes of at least 4 members (excludes halogenated alkanes) is 1. The third-order valence-corrected chi connectivity index (χ3v) is 9.44. The van der Waals surface area contributed by atoms with Crippen LogP contribution in [0.2, 0.25) is 0 Å². The van der Waals surface area contributed by atoms with Crippen LogP contribution in [0.4, 0.5) is 0 Å². The van der Waals surface area contributed by atoms with Gasteiger partial charge < -0.3 is 9.30 Å². The second-order valence-electron chi connectivity index (χ2n) is 9.22. The van der Waals surface area contributed by atoms with Crippen molar-refractivity contribution in [2.45, 2.75) is 70.4 Å². The normalized spacial score (nSPS) is 16.9. The predicted molar refractivity (Wildman–Crippen MR) is 144 cm³/mol. The first kappa shape index (κ1) is 27.2. The lowest BCUT2D eigenvalue weighted by molar-refractivity contribution is -0.143. The summed E-state index contributed by atoms with van der Waals surface area (Å²) in [6.45, 7) is 6.21. The predicted octanol–water partition coefficient (Wildman–Crippen LogP) is 4.20. The molecule has 1 amide bonds. The van der Waals surface area contributed by atoms with Crippen molar-refractivity contribution < 1.29 is 22.7 Å². The Labute approximate surface area is 221 Å². The molecule has 0 spiro atoms. The number of hydrogen-bond acceptors (Lipinski definition) is 6. The molecule has 3 aromatic rings. The molecular formula is C27H33N3O5S2. The highest BCUT2D eigenvalue weighted by Crippen LogP contribution is 2.27. The first-order valence-electron chi connectivity index (χ1n) is 12.7. The molecule has 1 aliphatic heterocycles. The number of aryl methyl sites for hydroxylation is 2. The monoisotopic (exact) mass is 543 g/mol. The summed E-state index contributed by atoms with van der Waals surface area (Å²) in [6.07, 6.45) is 4.08. The SMILES string of the molecule is CCCCc1ccc2c(c1)sc(=NC(=O)C1CCCN1S(=O)(=O)c1ccc(C)cc1)n2CC(=O)OCC. The second kappa shape index (κ2) is 11.7. The standard InChI is InChI=1S/C27H33N3O5S2/c1-4-6-8-20-12-15-22-24(17-20)36-27(29(22)18-25(31)35-5-2)28-26(32)23-9-7-16-30(23)37(33,34)21-13-10-19(3)11-14-21/h10-15,17,23H,4-9,16,18H2,1-3H3. The van der Waals surface area contributed by atoms with Gasteiger partial charge in [-0.1, -0.05) is 48.4 Å². The third kappa shape index (κ3) is 6.02. The quantitative estimate of drug-likeness (QED) is 0.377. The second-order valence-corrected chi connectivity index (χ2v) is 12.1. The molecule has 10 heteroatoms. The lowest BCUT2D eigenvalue weighted by Crippen LogP contribution is -2.40. The van der Waals surface area contributed by atoms with Crippen molar-refractivity contribution >= 4 is 43.5 Å². The van der Waals surface area contributed by atoms with Gasteiger partial charge in [0.1, 0.15) is 12.6 Å². The Balaban J connectivity index is 1.71. The van der Waals surface area contributed by atoms with E-state index < -0.39 is 27.9 Å². The van der Waals surface area contributed by atoms with Crippen LogP contribution in [-0.2, 0) is 37.3 Å². The van der Waals surface area contributed by atoms with E-state index >= 15 is 0 Å². The molecule has 2 heterocycles. The molecule has 2 aromatic carbocycles. The summed E-state index contributed by atoms with van der Waals surface area (Å²) in [5.74, 6) is -0.945. The minimum Gasteiger partial charge on any atom is -0.465 e. The van der Waals surface area contributed by atoms with E-state index in [0.717, 1.165) is 35.0 Å². The van der Waals surface area contributed by atoms with Crippen LogP contribution in [0.3, 0.4) is 0 Å². The summed E-state index contributed by atoms with van der Waals surface area (Å²) in [5.41, 5.74) is 2.93. The highest BCUT2D eigenvalue weighted by molar-refractivity contribution is 7.89. The molecule has 8 nitrogen and oxygen atoms in total. The van der Waals surface area contributed by atoms with Crippen molar-refractivity contribution in [2.75, 3.05) is 13.2 Å². The minimum atomic E-state index is -3.84. The molecular weight excluding hydrogens is 510 g/mol. The third-order valence-electron chi connectivity index (χ3n) is 6.48. The van der Waals surface area contributed by atoms with Crippen LogP contribution >= 0.6 is 11.3 Å². The zero-order valence-electron chi connectivity index (χ0n) is 21.5. The average molecular weight is 544 g/mol. The Bertz CT molecular complexity index is 1460. The summed E-state index contributed by atoms with van der Waals surface area (Å²) in [5, 5.41) is 0. The molecule has 0 aliphatic carbocycles. The number of carbonyl (C=O) groups is 2. The van der Waals surface area contributed by atoms with Gasteiger partial charge in [0, 0.05) is 6.54 Å². The van der Waals surface area contributed by atoms with E-state index in [-0.39, 0.29) is 24.6 Å². The topological polar surface area (TPSA) is 98.0 Å². The van der Waals surface area contributed by atoms with E-state index in [1.807, 2.05) is 19.1 Å². The van der Waals surface area contributed by atoms with Crippen LogP contribution in [-0.4, -0.2) is 48.4 Å². The van der Waals surface area contributed by atoms with Crippen molar-refractivity contribution in [2.24, 2.45) is 4.99 Å². The summed E-state index contributed by atoms with van der Waals surface area (Å²) in [4.78, 5) is 30.7. The van der Waals surface area contributed by atoms with Gasteiger partial charge in [-0.2, -0.15) is 9.30 Å². The van der Waals surface area contributed by atoms with Gasteiger partial charge in [-0.05, 0) is 69.4 Å². The summed E-state index contributed by atoms with van der Waals surface area (Å²) in [7, 11) is -3.84. The maximum absolute atomic E-state index is 13.4. The van der Waals surface area contributed by atoms with Crippen molar-refractivity contribution in [3.05, 3.63) is 58.4 Å². The fraction of sp³-hybridized carbons (Fsp3) is 0.444. The van der Waals surface area contributed by atoms with E-state index in [1.54, 1.807) is 35.8 Å². The molecule has 1 aliphatic rings. The van der Waals surface area contributed by atoms with E-state index in [4.69, 9.17) is 4.74 Å². The number of benzene rings is 2. The first-order chi connectivity index (χ1) is 17.7. The zero-order valence-corrected chi connectivity index (χ0v) is 23.1. The zero-order chi connectivity index (χ0) is 26.6. The molecule has 1 atom stereocenters. The van der Waals surface area contributed by atoms with Crippen LogP contribution in [0.5, 0.6) is 0 Å². The van der Waals surface area contributed by atoms with Gasteiger partial charge in [-0.15, -0.1) is 0 Å². The number of ether oxygens (including phenoxy) is 1. The van der Waals surface area contributed by atoms with Crippen LogP contribution < -0.4 is 4.80 Å². The van der Waals surface area contributed by atoms with Crippen molar-refractivity contribution in [1.29, 1.82) is 0 Å². The van der Waals surface area contributed by atoms with Crippen molar-refractivity contribution in [1.82, 2.24) is 8.87 Å². The number of carbonyl (C=O) groups excluding carboxylic acids is 2. The fourth-order valence-corrected chi connectivity index (χ4v) is 7.27. The van der Waals surface area contributed by atoms with Gasteiger partial charge in [0.25, 0.3) is 5.91 Å². The Kier molecular flexibility index (Phi) is 8.61. The van der Waals surface area contributed by atoms with Gasteiger partial charge in [-0.25, -0.2) is 8.42 Å². The van der Waals surface area contributed by atoms with Gasteiger partial charge in [-0.3, -0.25) is 9.59 Å². The minimum absolute atomic E-state index is 0.0791. The van der Waals surface area contributed by atoms with E-state index in [1.165, 1.54) is 21.2 Å². The number of rotatable bonds is 9. The molecule has 0 N–H and O–H groups in total. The molecule has 0 radical (unpaired) electrons. The van der Waals surface area contributed by atoms with E-state index in [2.05, 4.69) is 18.0 Å². The maximum Gasteiger partial charge on any atom is 0.326 e. The van der Waals surface area contributed by atoms with Crippen LogP contribution in [0.15, 0.2) is 52.4 Å². The molecule has 0 bridgehead atoms. The van der Waals surface area contributed by atoms with Gasteiger partial charge in [0.15, 0.2) is 4.80 Å². The number of nitrogens with zero attached hydrogens (tertiary/aromatic N) is 3. The molecule has 1 saturated heterocycles. The number of fused-ring (bicyclic) bond motifs is 1. The lowest BCUT2D eigenvalue weighted by Gasteiger charge is -2.21. The Morgan fingerprint density at radius 2 is 1.89 bits per heavy atom. The van der Waals surface area contributed by atoms with Crippen molar-refractivity contribution in [3.8, 4) is 0 Å². The number of amides is 1. The van der Waals surface area contributed by atoms with Crippen LogP contribution in [0, 0.1) is 6.92 Å². The van der Waals surface area contributed by atoms with Gasteiger partial charge in [0.2, 0.25) is 10.0 Å². The lowest BCUT2D eigenvalue weighted by atomic mass is 10.1. The Hall–Kier alpha value is -2.82. The number of esters is 1. The molecule has 1 fully saturated rings. The maximum atomic E-state index is 13.4. The van der Waals surface area contributed by atoms with Gasteiger partial charge >= 0.3 is 5.97 Å². The van der Waals surface area contributed by atoms with Crippen molar-refractivity contribution in [3.63, 3.8) is 0 Å². The Morgan fingerprint density at radius 1 is 1.14 bits per heavy atom. The average Bonchev–Trinajstić information content (AvgIpc) is 3.49. The highest BCUT2D eigenvalue weighted by atomic mass is 32.2. The molecule has 1 unspecified atom stereocenters. The smallest absolute Gasteiger partial charge is 0.326 e. The summed E-state index contributed by atoms with van der Waals surface area (Å²) in [6, 6.07) is 11.8. The van der Waals surface area contributed by atoms with Crippen LogP contribution in [0.1, 0.15) is 50.7 Å².